The minimum Gasteiger partial charge on any atom is -0.337 e. The molecule has 33 heavy (non-hydrogen) atoms. The molecule has 3 aromatic carbocycles. The predicted molar refractivity (Wildman–Crippen MR) is 124 cm³/mol. The normalized spacial score (nSPS) is 14.3. The zero-order valence-electron chi connectivity index (χ0n) is 18.0. The van der Waals surface area contributed by atoms with Crippen LogP contribution in [0.15, 0.2) is 79.1 Å². The van der Waals surface area contributed by atoms with Crippen LogP contribution in [0.2, 0.25) is 0 Å². The van der Waals surface area contributed by atoms with E-state index < -0.39 is 5.82 Å². The second kappa shape index (κ2) is 8.86. The number of halogens is 1. The van der Waals surface area contributed by atoms with Crippen molar-refractivity contribution in [1.29, 1.82) is 0 Å². The van der Waals surface area contributed by atoms with Gasteiger partial charge < -0.3 is 9.80 Å². The lowest BCUT2D eigenvalue weighted by molar-refractivity contribution is 0.0716. The van der Waals surface area contributed by atoms with Crippen molar-refractivity contribution in [3.63, 3.8) is 0 Å². The Morgan fingerprint density at radius 2 is 1.42 bits per heavy atom. The van der Waals surface area contributed by atoms with Gasteiger partial charge >= 0.3 is 0 Å². The molecule has 0 spiro atoms. The summed E-state index contributed by atoms with van der Waals surface area (Å²) in [6, 6.07) is 21.4. The fourth-order valence-corrected chi connectivity index (χ4v) is 4.24. The molecule has 2 heterocycles. The third kappa shape index (κ3) is 4.09. The lowest BCUT2D eigenvalue weighted by Crippen LogP contribution is -2.37. The zero-order valence-corrected chi connectivity index (χ0v) is 18.0. The van der Waals surface area contributed by atoms with Crippen LogP contribution in [0.1, 0.15) is 27.1 Å². The first-order valence-corrected chi connectivity index (χ1v) is 11.0. The van der Waals surface area contributed by atoms with Crippen molar-refractivity contribution < 1.29 is 14.0 Å². The summed E-state index contributed by atoms with van der Waals surface area (Å²) in [7, 11) is 0. The minimum atomic E-state index is -0.523. The molecule has 2 amide bonds. The van der Waals surface area contributed by atoms with Gasteiger partial charge in [-0.15, -0.1) is 0 Å². The van der Waals surface area contributed by atoms with Gasteiger partial charge in [-0.1, -0.05) is 24.3 Å². The molecule has 4 aromatic rings. The lowest BCUT2D eigenvalue weighted by Gasteiger charge is -2.22. The number of benzene rings is 3. The highest BCUT2D eigenvalue weighted by atomic mass is 19.1. The van der Waals surface area contributed by atoms with E-state index in [9.17, 15) is 14.0 Å². The van der Waals surface area contributed by atoms with Gasteiger partial charge in [-0.3, -0.25) is 14.2 Å². The Morgan fingerprint density at radius 3 is 2.18 bits per heavy atom. The highest BCUT2D eigenvalue weighted by molar-refractivity contribution is 5.95. The number of hydrogen-bond donors (Lipinski definition) is 0. The molecule has 0 radical (unpaired) electrons. The number of aromatic nitrogens is 2. The first kappa shape index (κ1) is 20.9. The van der Waals surface area contributed by atoms with E-state index in [0.717, 1.165) is 16.7 Å². The van der Waals surface area contributed by atoms with Gasteiger partial charge in [0.1, 0.15) is 12.1 Å². The van der Waals surface area contributed by atoms with Gasteiger partial charge in [-0.2, -0.15) is 0 Å². The highest BCUT2D eigenvalue weighted by Crippen LogP contribution is 2.19. The number of imidazole rings is 1. The van der Waals surface area contributed by atoms with Gasteiger partial charge in [0, 0.05) is 37.4 Å². The summed E-state index contributed by atoms with van der Waals surface area (Å²) in [6.07, 6.45) is 2.42. The van der Waals surface area contributed by atoms with Gasteiger partial charge in [0.25, 0.3) is 11.8 Å². The zero-order chi connectivity index (χ0) is 22.8. The standard InChI is InChI=1S/C26H23FN4O2/c27-22-7-2-1-6-21(22)26(33)30-15-5-14-29(16-17-30)25(32)19-10-12-20(13-11-19)31-18-28-23-8-3-4-9-24(23)31/h1-4,6-13,18H,5,14-17H2. The Morgan fingerprint density at radius 1 is 0.758 bits per heavy atom. The average molecular weight is 442 g/mol. The summed E-state index contributed by atoms with van der Waals surface area (Å²) in [5, 5.41) is 0. The SMILES string of the molecule is O=C(c1ccc(-n2cnc3ccccc32)cc1)N1CCCN(C(=O)c2ccccc2F)CC1. The lowest BCUT2D eigenvalue weighted by atomic mass is 10.1. The molecule has 1 aliphatic heterocycles. The maximum atomic E-state index is 14.0. The Kier molecular flexibility index (Phi) is 5.60. The molecule has 0 unspecified atom stereocenters. The van der Waals surface area contributed by atoms with Gasteiger partial charge in [0.2, 0.25) is 0 Å². The van der Waals surface area contributed by atoms with E-state index in [1.165, 1.54) is 12.1 Å². The molecular weight excluding hydrogens is 419 g/mol. The Bertz CT molecular complexity index is 1320. The minimum absolute atomic E-state index is 0.0693. The highest BCUT2D eigenvalue weighted by Gasteiger charge is 2.25. The maximum Gasteiger partial charge on any atom is 0.256 e. The summed E-state index contributed by atoms with van der Waals surface area (Å²) in [6.45, 7) is 1.82. The van der Waals surface area contributed by atoms with Crippen molar-refractivity contribution in [3.05, 3.63) is 96.1 Å². The number of fused-ring (bicyclic) bond motifs is 1. The van der Waals surface area contributed by atoms with Crippen molar-refractivity contribution in [2.45, 2.75) is 6.42 Å². The van der Waals surface area contributed by atoms with Crippen LogP contribution in [-0.2, 0) is 0 Å². The second-order valence-corrected chi connectivity index (χ2v) is 8.07. The van der Waals surface area contributed by atoms with Gasteiger partial charge in [-0.05, 0) is 55.0 Å². The van der Waals surface area contributed by atoms with Crippen molar-refractivity contribution in [2.24, 2.45) is 0 Å². The number of para-hydroxylation sites is 2. The number of amides is 2. The van der Waals surface area contributed by atoms with Crippen LogP contribution < -0.4 is 0 Å². The predicted octanol–water partition coefficient (Wildman–Crippen LogP) is 4.15. The van der Waals surface area contributed by atoms with Crippen LogP contribution in [0.4, 0.5) is 4.39 Å². The quantitative estimate of drug-likeness (QED) is 0.479. The summed E-state index contributed by atoms with van der Waals surface area (Å²) < 4.78 is 16.0. The smallest absolute Gasteiger partial charge is 0.256 e. The Balaban J connectivity index is 1.28. The van der Waals surface area contributed by atoms with E-state index in [1.807, 2.05) is 53.1 Å². The number of carbonyl (C=O) groups is 2. The molecule has 166 valence electrons. The summed E-state index contributed by atoms with van der Waals surface area (Å²) in [5.41, 5.74) is 3.51. The molecule has 1 aliphatic rings. The summed E-state index contributed by atoms with van der Waals surface area (Å²) in [4.78, 5) is 33.6. The molecule has 6 nitrogen and oxygen atoms in total. The monoisotopic (exact) mass is 442 g/mol. The Labute approximate surface area is 190 Å². The fourth-order valence-electron chi connectivity index (χ4n) is 4.24. The maximum absolute atomic E-state index is 14.0. The molecule has 1 aromatic heterocycles. The van der Waals surface area contributed by atoms with Crippen LogP contribution >= 0.6 is 0 Å². The third-order valence-corrected chi connectivity index (χ3v) is 6.02. The number of nitrogens with zero attached hydrogens (tertiary/aromatic N) is 4. The molecule has 0 atom stereocenters. The Hall–Kier alpha value is -4.00. The number of carbonyl (C=O) groups excluding carboxylic acids is 2. The van der Waals surface area contributed by atoms with Crippen LogP contribution in [0.3, 0.4) is 0 Å². The van der Waals surface area contributed by atoms with E-state index in [4.69, 9.17) is 0 Å². The first-order chi connectivity index (χ1) is 16.1. The van der Waals surface area contributed by atoms with Crippen LogP contribution in [0.25, 0.3) is 16.7 Å². The van der Waals surface area contributed by atoms with Gasteiger partial charge in [-0.25, -0.2) is 9.37 Å². The van der Waals surface area contributed by atoms with Crippen LogP contribution in [0.5, 0.6) is 0 Å². The number of rotatable bonds is 3. The van der Waals surface area contributed by atoms with E-state index in [1.54, 1.807) is 28.3 Å². The summed E-state index contributed by atoms with van der Waals surface area (Å²) >= 11 is 0. The van der Waals surface area contributed by atoms with E-state index in [2.05, 4.69) is 4.98 Å². The summed E-state index contributed by atoms with van der Waals surface area (Å²) in [5.74, 6) is -0.929. The van der Waals surface area contributed by atoms with E-state index >= 15 is 0 Å². The molecule has 1 fully saturated rings. The molecular formula is C26H23FN4O2. The second-order valence-electron chi connectivity index (χ2n) is 8.07. The molecule has 7 heteroatoms. The van der Waals surface area contributed by atoms with Gasteiger partial charge in [0.15, 0.2) is 0 Å². The fraction of sp³-hybridized carbons (Fsp3) is 0.192. The average Bonchev–Trinajstić information content (AvgIpc) is 3.13. The first-order valence-electron chi connectivity index (χ1n) is 11.0. The van der Waals surface area contributed by atoms with Crippen molar-refractivity contribution in [2.75, 3.05) is 26.2 Å². The van der Waals surface area contributed by atoms with Crippen molar-refractivity contribution in [1.82, 2.24) is 19.4 Å². The molecule has 0 aliphatic carbocycles. The number of hydrogen-bond acceptors (Lipinski definition) is 3. The molecule has 5 rings (SSSR count). The van der Waals surface area contributed by atoms with Crippen molar-refractivity contribution >= 4 is 22.8 Å². The topological polar surface area (TPSA) is 58.4 Å². The molecule has 0 saturated carbocycles. The van der Waals surface area contributed by atoms with E-state index in [-0.39, 0.29) is 17.4 Å². The van der Waals surface area contributed by atoms with Crippen LogP contribution in [0, 0.1) is 5.82 Å². The third-order valence-electron chi connectivity index (χ3n) is 6.02. The van der Waals surface area contributed by atoms with Crippen LogP contribution in [-0.4, -0.2) is 57.3 Å². The van der Waals surface area contributed by atoms with Crippen molar-refractivity contribution in [3.8, 4) is 5.69 Å². The molecule has 0 N–H and O–H groups in total. The largest absolute Gasteiger partial charge is 0.337 e. The van der Waals surface area contributed by atoms with E-state index in [0.29, 0.717) is 38.2 Å². The molecule has 1 saturated heterocycles. The molecule has 0 bridgehead atoms. The van der Waals surface area contributed by atoms with Gasteiger partial charge in [0.05, 0.1) is 16.6 Å².